The van der Waals surface area contributed by atoms with Gasteiger partial charge < -0.3 is 15.4 Å². The quantitative estimate of drug-likeness (QED) is 0.590. The van der Waals surface area contributed by atoms with Gasteiger partial charge in [-0.3, -0.25) is 0 Å². The van der Waals surface area contributed by atoms with Gasteiger partial charge >= 0.3 is 0 Å². The third kappa shape index (κ3) is 0.897. The molecule has 0 amide bonds. The second-order valence-corrected chi connectivity index (χ2v) is 3.06. The molecular weight excluding hydrogens is 152 g/mol. The van der Waals surface area contributed by atoms with Crippen molar-refractivity contribution in [1.82, 2.24) is 0 Å². The number of hydrogen-bond acceptors (Lipinski definition) is 3. The van der Waals surface area contributed by atoms with E-state index in [1.807, 2.05) is 32.2 Å². The van der Waals surface area contributed by atoms with Crippen LogP contribution in [0.2, 0.25) is 0 Å². The molecule has 0 bridgehead atoms. The first-order valence-electron chi connectivity index (χ1n) is 3.97. The van der Waals surface area contributed by atoms with E-state index < -0.39 is 0 Å². The van der Waals surface area contributed by atoms with Gasteiger partial charge in [-0.1, -0.05) is 0 Å². The normalized spacial score (nSPS) is 20.5. The topological polar surface area (TPSA) is 38.5 Å². The molecular formula is C9H12N2O. The van der Waals surface area contributed by atoms with Gasteiger partial charge in [0.15, 0.2) is 6.23 Å². The molecule has 1 aromatic rings. The molecule has 2 rings (SSSR count). The van der Waals surface area contributed by atoms with Gasteiger partial charge in [-0.05, 0) is 19.1 Å². The van der Waals surface area contributed by atoms with Crippen molar-refractivity contribution in [3.8, 4) is 5.75 Å². The lowest BCUT2D eigenvalue weighted by Gasteiger charge is -2.14. The van der Waals surface area contributed by atoms with Crippen LogP contribution in [-0.4, -0.2) is 13.3 Å². The predicted octanol–water partition coefficient (Wildman–Crippen LogP) is 1.44. The zero-order valence-electron chi connectivity index (χ0n) is 7.24. The van der Waals surface area contributed by atoms with Crippen molar-refractivity contribution in [2.75, 3.05) is 17.7 Å². The van der Waals surface area contributed by atoms with E-state index in [-0.39, 0.29) is 6.23 Å². The molecule has 64 valence electrons. The van der Waals surface area contributed by atoms with Crippen LogP contribution in [0.1, 0.15) is 6.92 Å². The Kier molecular flexibility index (Phi) is 1.40. The molecule has 0 fully saturated rings. The summed E-state index contributed by atoms with van der Waals surface area (Å²) in [5.74, 6) is 0.880. The van der Waals surface area contributed by atoms with Gasteiger partial charge in [0.1, 0.15) is 5.75 Å². The molecule has 3 heteroatoms. The third-order valence-corrected chi connectivity index (χ3v) is 2.21. The molecule has 0 aromatic heterocycles. The highest BCUT2D eigenvalue weighted by Gasteiger charge is 2.23. The highest BCUT2D eigenvalue weighted by Crippen LogP contribution is 2.36. The Bertz CT molecular complexity index is 311. The van der Waals surface area contributed by atoms with Crippen molar-refractivity contribution in [2.45, 2.75) is 13.2 Å². The van der Waals surface area contributed by atoms with Crippen LogP contribution in [0, 0.1) is 0 Å². The number of fused-ring (bicyclic) bond motifs is 1. The summed E-state index contributed by atoms with van der Waals surface area (Å²) in [4.78, 5) is 2.08. The number of hydrogen-bond donors (Lipinski definition) is 1. The van der Waals surface area contributed by atoms with Crippen molar-refractivity contribution in [1.29, 1.82) is 0 Å². The van der Waals surface area contributed by atoms with E-state index >= 15 is 0 Å². The second kappa shape index (κ2) is 2.30. The first-order valence-corrected chi connectivity index (χ1v) is 3.97. The number of rotatable bonds is 0. The molecule has 0 radical (unpaired) electrons. The first-order chi connectivity index (χ1) is 5.68. The smallest absolute Gasteiger partial charge is 0.169 e. The Morgan fingerprint density at radius 2 is 2.25 bits per heavy atom. The fraction of sp³-hybridized carbons (Fsp3) is 0.333. The molecule has 2 N–H and O–H groups in total. The summed E-state index contributed by atoms with van der Waals surface area (Å²) in [6.07, 6.45) is 0.113. The lowest BCUT2D eigenvalue weighted by atomic mass is 10.2. The largest absolute Gasteiger partial charge is 0.469 e. The van der Waals surface area contributed by atoms with Crippen LogP contribution >= 0.6 is 0 Å². The van der Waals surface area contributed by atoms with Crippen molar-refractivity contribution < 1.29 is 4.74 Å². The van der Waals surface area contributed by atoms with Crippen LogP contribution in [0.25, 0.3) is 0 Å². The standard InChI is InChI=1S/C9H12N2O/c1-6-11(2)8-4-3-7(10)5-9(8)12-6/h3-6H,10H2,1-2H3. The van der Waals surface area contributed by atoms with Crippen molar-refractivity contribution in [3.05, 3.63) is 18.2 Å². The highest BCUT2D eigenvalue weighted by atomic mass is 16.5. The fourth-order valence-electron chi connectivity index (χ4n) is 1.38. The summed E-state index contributed by atoms with van der Waals surface area (Å²) in [6.45, 7) is 2.01. The molecule has 0 saturated heterocycles. The van der Waals surface area contributed by atoms with Crippen LogP contribution in [0.4, 0.5) is 11.4 Å². The Hall–Kier alpha value is -1.38. The van der Waals surface area contributed by atoms with E-state index in [1.54, 1.807) is 0 Å². The number of ether oxygens (including phenoxy) is 1. The summed E-state index contributed by atoms with van der Waals surface area (Å²) in [6, 6.07) is 5.72. The number of benzene rings is 1. The molecule has 3 nitrogen and oxygen atoms in total. The van der Waals surface area contributed by atoms with Gasteiger partial charge in [-0.2, -0.15) is 0 Å². The van der Waals surface area contributed by atoms with Crippen LogP contribution in [0.3, 0.4) is 0 Å². The van der Waals surface area contributed by atoms with Crippen LogP contribution in [-0.2, 0) is 0 Å². The molecule has 1 unspecified atom stereocenters. The van der Waals surface area contributed by atoms with E-state index in [1.165, 1.54) is 0 Å². The first kappa shape index (κ1) is 7.28. The van der Waals surface area contributed by atoms with E-state index in [0.717, 1.165) is 17.1 Å². The minimum absolute atomic E-state index is 0.113. The number of nitrogen functional groups attached to an aromatic ring is 1. The zero-order chi connectivity index (χ0) is 8.72. The third-order valence-electron chi connectivity index (χ3n) is 2.21. The predicted molar refractivity (Wildman–Crippen MR) is 49.3 cm³/mol. The fourth-order valence-corrected chi connectivity index (χ4v) is 1.38. The van der Waals surface area contributed by atoms with Crippen LogP contribution < -0.4 is 15.4 Å². The molecule has 12 heavy (non-hydrogen) atoms. The number of nitrogens with zero attached hydrogens (tertiary/aromatic N) is 1. The van der Waals surface area contributed by atoms with E-state index in [0.29, 0.717) is 0 Å². The highest BCUT2D eigenvalue weighted by molar-refractivity contribution is 5.66. The van der Waals surface area contributed by atoms with E-state index in [9.17, 15) is 0 Å². The Morgan fingerprint density at radius 3 is 3.00 bits per heavy atom. The Balaban J connectivity index is 2.47. The van der Waals surface area contributed by atoms with Crippen LogP contribution in [0.5, 0.6) is 5.75 Å². The van der Waals surface area contributed by atoms with Crippen molar-refractivity contribution in [3.63, 3.8) is 0 Å². The van der Waals surface area contributed by atoms with Gasteiger partial charge in [0.25, 0.3) is 0 Å². The maximum absolute atomic E-state index is 5.62. The minimum Gasteiger partial charge on any atom is -0.469 e. The molecule has 0 spiro atoms. The monoisotopic (exact) mass is 164 g/mol. The maximum Gasteiger partial charge on any atom is 0.169 e. The average molecular weight is 164 g/mol. The average Bonchev–Trinajstić information content (AvgIpc) is 2.28. The zero-order valence-corrected chi connectivity index (χ0v) is 7.24. The van der Waals surface area contributed by atoms with Gasteiger partial charge in [0.2, 0.25) is 0 Å². The van der Waals surface area contributed by atoms with Crippen LogP contribution in [0.15, 0.2) is 18.2 Å². The van der Waals surface area contributed by atoms with Gasteiger partial charge in [-0.15, -0.1) is 0 Å². The number of nitrogens with two attached hydrogens (primary N) is 1. The molecule has 1 heterocycles. The number of anilines is 2. The van der Waals surface area contributed by atoms with Crippen molar-refractivity contribution in [2.24, 2.45) is 0 Å². The molecule has 1 atom stereocenters. The molecule has 0 saturated carbocycles. The summed E-state index contributed by atoms with van der Waals surface area (Å²) in [5.41, 5.74) is 7.48. The second-order valence-electron chi connectivity index (χ2n) is 3.06. The summed E-state index contributed by atoms with van der Waals surface area (Å²) in [7, 11) is 2.01. The summed E-state index contributed by atoms with van der Waals surface area (Å²) in [5, 5.41) is 0. The SMILES string of the molecule is CC1Oc2cc(N)ccc2N1C. The van der Waals surface area contributed by atoms with E-state index in [4.69, 9.17) is 10.5 Å². The van der Waals surface area contributed by atoms with Gasteiger partial charge in [-0.25, -0.2) is 0 Å². The Labute approximate surface area is 71.7 Å². The summed E-state index contributed by atoms with van der Waals surface area (Å²) < 4.78 is 5.55. The van der Waals surface area contributed by atoms with Gasteiger partial charge in [0.05, 0.1) is 5.69 Å². The minimum atomic E-state index is 0.113. The maximum atomic E-state index is 5.62. The summed E-state index contributed by atoms with van der Waals surface area (Å²) >= 11 is 0. The lowest BCUT2D eigenvalue weighted by Crippen LogP contribution is -2.26. The molecule has 0 aliphatic carbocycles. The van der Waals surface area contributed by atoms with E-state index in [2.05, 4.69) is 4.90 Å². The Morgan fingerprint density at radius 1 is 1.50 bits per heavy atom. The van der Waals surface area contributed by atoms with Crippen molar-refractivity contribution >= 4 is 11.4 Å². The molecule has 1 aromatic carbocycles. The molecule has 1 aliphatic rings. The van der Waals surface area contributed by atoms with Gasteiger partial charge in [0, 0.05) is 18.8 Å². The lowest BCUT2D eigenvalue weighted by molar-refractivity contribution is 0.251. The molecule has 1 aliphatic heterocycles.